The molecule has 0 bridgehead atoms. The highest BCUT2D eigenvalue weighted by molar-refractivity contribution is 7.16. The van der Waals surface area contributed by atoms with Gasteiger partial charge in [0, 0.05) is 18.5 Å². The van der Waals surface area contributed by atoms with Gasteiger partial charge in [0.15, 0.2) is 0 Å². The summed E-state index contributed by atoms with van der Waals surface area (Å²) in [6.07, 6.45) is 0. The monoisotopic (exact) mass is 590 g/mol. The molecule has 2 amide bonds. The lowest BCUT2D eigenvalue weighted by molar-refractivity contribution is 0.0950. The Morgan fingerprint density at radius 2 is 1.66 bits per heavy atom. The second-order valence-electron chi connectivity index (χ2n) is 9.21. The van der Waals surface area contributed by atoms with Crippen molar-refractivity contribution >= 4 is 53.5 Å². The number of nitrogens with zero attached hydrogens (tertiary/aromatic N) is 1. The highest BCUT2D eigenvalue weighted by Gasteiger charge is 2.16. The number of carbonyl (C=O) groups excluding carboxylic acids is 2. The minimum atomic E-state index is -0.439. The number of ether oxygens (including phenoxy) is 1. The molecule has 0 aliphatic rings. The fraction of sp³-hybridized carbons (Fsp3) is 0.207. The van der Waals surface area contributed by atoms with Crippen molar-refractivity contribution in [3.63, 3.8) is 0 Å². The molecule has 2 heterocycles. The van der Waals surface area contributed by atoms with Crippen LogP contribution in [0.5, 0.6) is 5.75 Å². The summed E-state index contributed by atoms with van der Waals surface area (Å²) < 4.78 is 5.48. The zero-order valence-corrected chi connectivity index (χ0v) is 24.4. The number of amides is 2. The van der Waals surface area contributed by atoms with E-state index < -0.39 is 5.91 Å². The van der Waals surface area contributed by atoms with Gasteiger partial charge in [-0.05, 0) is 35.7 Å². The van der Waals surface area contributed by atoms with E-state index >= 15 is 0 Å². The number of carbonyl (C=O) groups is 2. The number of aliphatic hydroxyl groups is 1. The first-order valence-electron chi connectivity index (χ1n) is 12.9. The third kappa shape index (κ3) is 8.35. The van der Waals surface area contributed by atoms with Crippen LogP contribution in [0.4, 0.5) is 0 Å². The van der Waals surface area contributed by atoms with Gasteiger partial charge in [0.2, 0.25) is 0 Å². The van der Waals surface area contributed by atoms with Crippen molar-refractivity contribution in [1.82, 2.24) is 16.1 Å². The van der Waals surface area contributed by atoms with Crippen molar-refractivity contribution in [1.29, 1.82) is 0 Å². The molecule has 0 radical (unpaired) electrons. The normalized spacial score (nSPS) is 11.4. The molecular formula is C29H31BN4O5S2. The Morgan fingerprint density at radius 3 is 2.37 bits per heavy atom. The Morgan fingerprint density at radius 1 is 0.976 bits per heavy atom. The number of rotatable bonds is 13. The first kappa shape index (κ1) is 30.2. The second kappa shape index (κ2) is 14.7. The molecule has 5 N–H and O–H groups in total. The maximum absolute atomic E-state index is 12.7. The molecular weight excluding hydrogens is 559 g/mol. The average molecular weight is 591 g/mol. The number of hydrogen-bond acceptors (Lipinski definition) is 9. The molecule has 9 nitrogen and oxygen atoms in total. The van der Waals surface area contributed by atoms with E-state index in [0.29, 0.717) is 47.5 Å². The molecule has 212 valence electrons. The van der Waals surface area contributed by atoms with Crippen LogP contribution >= 0.6 is 22.7 Å². The number of aliphatic hydroxyl groups excluding tert-OH is 1. The summed E-state index contributed by atoms with van der Waals surface area (Å²) in [5, 5.41) is 31.3. The van der Waals surface area contributed by atoms with Crippen molar-refractivity contribution in [2.24, 2.45) is 5.10 Å². The van der Waals surface area contributed by atoms with Crippen molar-refractivity contribution < 1.29 is 24.5 Å². The van der Waals surface area contributed by atoms with E-state index in [1.807, 2.05) is 61.8 Å². The highest BCUT2D eigenvalue weighted by Crippen LogP contribution is 2.38. The average Bonchev–Trinajstić information content (AvgIpc) is 3.63. The Balaban J connectivity index is 1.27. The first-order chi connectivity index (χ1) is 19.9. The van der Waals surface area contributed by atoms with Crippen LogP contribution in [0.25, 0.3) is 10.4 Å². The van der Waals surface area contributed by atoms with Gasteiger partial charge in [-0.1, -0.05) is 54.0 Å². The SMILES string of the molecule is Bc1ccc(-c2scc(/C(C)=N/NC(=O)c3ccc(C(=O)NCc4ccc(COCNCCO)cc4)s3)c2O)cc1. The standard InChI is InChI=1S/C29H31BN4O5S2/c1-18(23-16-40-27(26(23)36)21-6-8-22(30)9-7-21)33-34-29(38)25-11-10-24(41-25)28(37)32-14-19-2-4-20(5-3-19)15-39-17-31-12-13-35/h2-11,16,31,35-36H,12-15,17,30H2,1H3,(H,32,37)(H,34,38)/b33-18+. The number of hydrogen-bond donors (Lipinski definition) is 5. The van der Waals surface area contributed by atoms with Gasteiger partial charge in [-0.2, -0.15) is 5.10 Å². The maximum Gasteiger partial charge on any atom is 0.281 e. The lowest BCUT2D eigenvalue weighted by atomic mass is 9.95. The number of hydrazone groups is 1. The summed E-state index contributed by atoms with van der Waals surface area (Å²) in [6.45, 7) is 3.41. The maximum atomic E-state index is 12.7. The zero-order chi connectivity index (χ0) is 29.2. The molecule has 0 atom stereocenters. The molecule has 0 aliphatic carbocycles. The fourth-order valence-corrected chi connectivity index (χ4v) is 5.59. The molecule has 2 aromatic heterocycles. The van der Waals surface area contributed by atoms with E-state index in [4.69, 9.17) is 9.84 Å². The van der Waals surface area contributed by atoms with Gasteiger partial charge in [-0.25, -0.2) is 5.43 Å². The number of benzene rings is 2. The predicted octanol–water partition coefficient (Wildman–Crippen LogP) is 2.58. The van der Waals surface area contributed by atoms with Gasteiger partial charge in [0.05, 0.1) is 45.9 Å². The Hall–Kier alpha value is -3.81. The van der Waals surface area contributed by atoms with Crippen molar-refractivity contribution in [3.8, 4) is 16.2 Å². The second-order valence-corrected chi connectivity index (χ2v) is 11.2. The van der Waals surface area contributed by atoms with Gasteiger partial charge >= 0.3 is 0 Å². The fourth-order valence-electron chi connectivity index (χ4n) is 3.77. The van der Waals surface area contributed by atoms with E-state index in [9.17, 15) is 14.7 Å². The molecule has 0 spiro atoms. The Labute approximate surface area is 247 Å². The minimum Gasteiger partial charge on any atom is -0.506 e. The van der Waals surface area contributed by atoms with Gasteiger partial charge in [-0.3, -0.25) is 14.9 Å². The third-order valence-electron chi connectivity index (χ3n) is 6.08. The summed E-state index contributed by atoms with van der Waals surface area (Å²) >= 11 is 2.48. The van der Waals surface area contributed by atoms with Crippen LogP contribution in [0.15, 0.2) is 71.1 Å². The summed E-state index contributed by atoms with van der Waals surface area (Å²) in [6, 6.07) is 18.8. The largest absolute Gasteiger partial charge is 0.506 e. The number of nitrogens with one attached hydrogen (secondary N) is 3. The van der Waals surface area contributed by atoms with E-state index in [2.05, 4.69) is 21.2 Å². The number of thiophene rings is 2. The quantitative estimate of drug-likeness (QED) is 0.0535. The van der Waals surface area contributed by atoms with E-state index in [-0.39, 0.29) is 18.3 Å². The summed E-state index contributed by atoms with van der Waals surface area (Å²) in [4.78, 5) is 26.8. The van der Waals surface area contributed by atoms with Crippen molar-refractivity contribution in [3.05, 3.63) is 92.5 Å². The van der Waals surface area contributed by atoms with Crippen LogP contribution in [0, 0.1) is 0 Å². The molecule has 0 aliphatic heterocycles. The van der Waals surface area contributed by atoms with Gasteiger partial charge in [-0.15, -0.1) is 22.7 Å². The molecule has 41 heavy (non-hydrogen) atoms. The van der Waals surface area contributed by atoms with Crippen LogP contribution in [-0.4, -0.2) is 55.5 Å². The topological polar surface area (TPSA) is 132 Å². The van der Waals surface area contributed by atoms with Gasteiger partial charge < -0.3 is 20.3 Å². The molecule has 12 heteroatoms. The summed E-state index contributed by atoms with van der Waals surface area (Å²) in [5.74, 6) is -0.590. The highest BCUT2D eigenvalue weighted by atomic mass is 32.1. The van der Waals surface area contributed by atoms with Gasteiger partial charge in [0.1, 0.15) is 13.6 Å². The molecule has 4 aromatic rings. The first-order valence-corrected chi connectivity index (χ1v) is 14.6. The molecule has 0 saturated heterocycles. The third-order valence-corrected chi connectivity index (χ3v) is 8.19. The van der Waals surface area contributed by atoms with Crippen LogP contribution < -0.4 is 21.5 Å². The van der Waals surface area contributed by atoms with Crippen LogP contribution in [0.2, 0.25) is 0 Å². The summed E-state index contributed by atoms with van der Waals surface area (Å²) in [5.41, 5.74) is 7.51. The lowest BCUT2D eigenvalue weighted by Gasteiger charge is -2.07. The molecule has 0 unspecified atom stereocenters. The Kier molecular flexibility index (Phi) is 10.8. The van der Waals surface area contributed by atoms with E-state index in [0.717, 1.165) is 38.4 Å². The van der Waals surface area contributed by atoms with E-state index in [1.165, 1.54) is 11.3 Å². The molecule has 0 saturated carbocycles. The Bertz CT molecular complexity index is 1500. The van der Waals surface area contributed by atoms with Crippen molar-refractivity contribution in [2.75, 3.05) is 19.9 Å². The smallest absolute Gasteiger partial charge is 0.281 e. The zero-order valence-electron chi connectivity index (χ0n) is 22.8. The minimum absolute atomic E-state index is 0.0659. The molecule has 2 aromatic carbocycles. The van der Waals surface area contributed by atoms with Crippen molar-refractivity contribution in [2.45, 2.75) is 20.1 Å². The lowest BCUT2D eigenvalue weighted by Crippen LogP contribution is -2.22. The number of aromatic hydroxyl groups is 1. The van der Waals surface area contributed by atoms with Crippen LogP contribution in [0.3, 0.4) is 0 Å². The summed E-state index contributed by atoms with van der Waals surface area (Å²) in [7, 11) is 2.01. The molecule has 0 fully saturated rings. The van der Waals surface area contributed by atoms with E-state index in [1.54, 1.807) is 19.1 Å². The van der Waals surface area contributed by atoms with Gasteiger partial charge in [0.25, 0.3) is 11.8 Å². The molecule has 4 rings (SSSR count). The predicted molar refractivity (Wildman–Crippen MR) is 166 cm³/mol. The van der Waals surface area contributed by atoms with Crippen LogP contribution in [0.1, 0.15) is 43.0 Å². The van der Waals surface area contributed by atoms with Crippen LogP contribution in [-0.2, 0) is 17.9 Å².